The Bertz CT molecular complexity index is 404. The van der Waals surface area contributed by atoms with Gasteiger partial charge in [0, 0.05) is 19.6 Å². The maximum absolute atomic E-state index is 12.0. The van der Waals surface area contributed by atoms with E-state index < -0.39 is 6.10 Å². The van der Waals surface area contributed by atoms with Gasteiger partial charge in [0.1, 0.15) is 0 Å². The van der Waals surface area contributed by atoms with Crippen molar-refractivity contribution in [3.63, 3.8) is 0 Å². The van der Waals surface area contributed by atoms with Crippen LogP contribution in [0.2, 0.25) is 0 Å². The Morgan fingerprint density at radius 1 is 1.59 bits per heavy atom. The molecule has 1 amide bonds. The predicted molar refractivity (Wildman–Crippen MR) is 65.6 cm³/mol. The zero-order chi connectivity index (χ0) is 12.3. The van der Waals surface area contributed by atoms with Gasteiger partial charge in [-0.1, -0.05) is 24.3 Å². The lowest BCUT2D eigenvalue weighted by Gasteiger charge is -2.25. The molecular weight excluding hydrogens is 216 g/mol. The van der Waals surface area contributed by atoms with E-state index in [1.165, 1.54) is 5.56 Å². The van der Waals surface area contributed by atoms with Crippen molar-refractivity contribution >= 4 is 5.91 Å². The number of aliphatic hydroxyl groups is 1. The van der Waals surface area contributed by atoms with Gasteiger partial charge in [0.25, 0.3) is 0 Å². The number of benzene rings is 1. The van der Waals surface area contributed by atoms with Crippen LogP contribution in [0.25, 0.3) is 0 Å². The minimum atomic E-state index is -0.509. The van der Waals surface area contributed by atoms with Crippen LogP contribution in [0.3, 0.4) is 0 Å². The van der Waals surface area contributed by atoms with Gasteiger partial charge < -0.3 is 15.7 Å². The molecule has 1 unspecified atom stereocenters. The molecule has 17 heavy (non-hydrogen) atoms. The van der Waals surface area contributed by atoms with Gasteiger partial charge >= 0.3 is 0 Å². The van der Waals surface area contributed by atoms with Gasteiger partial charge in [0.15, 0.2) is 0 Å². The Labute approximate surface area is 101 Å². The van der Waals surface area contributed by atoms with E-state index in [1.807, 2.05) is 24.3 Å². The summed E-state index contributed by atoms with van der Waals surface area (Å²) in [5.74, 6) is -0.177. The molecule has 0 saturated carbocycles. The Balaban J connectivity index is 2.10. The molecular formula is C13H18N2O2. The van der Waals surface area contributed by atoms with Crippen molar-refractivity contribution in [1.29, 1.82) is 0 Å². The second-order valence-electron chi connectivity index (χ2n) is 4.48. The molecule has 0 spiro atoms. The Morgan fingerprint density at radius 2 is 2.35 bits per heavy atom. The first-order valence-corrected chi connectivity index (χ1v) is 5.93. The second kappa shape index (κ2) is 5.29. The summed E-state index contributed by atoms with van der Waals surface area (Å²) in [7, 11) is 0. The summed E-state index contributed by atoms with van der Waals surface area (Å²) >= 11 is 0. The van der Waals surface area contributed by atoms with Gasteiger partial charge in [-0.05, 0) is 18.1 Å². The monoisotopic (exact) mass is 234 g/mol. The molecule has 1 aromatic carbocycles. The van der Waals surface area contributed by atoms with E-state index in [-0.39, 0.29) is 11.8 Å². The summed E-state index contributed by atoms with van der Waals surface area (Å²) in [5.41, 5.74) is 2.27. The van der Waals surface area contributed by atoms with Crippen molar-refractivity contribution in [3.8, 4) is 0 Å². The van der Waals surface area contributed by atoms with E-state index in [0.717, 1.165) is 12.1 Å². The molecule has 0 saturated heterocycles. The van der Waals surface area contributed by atoms with Crippen molar-refractivity contribution < 1.29 is 9.90 Å². The number of carbonyl (C=O) groups is 1. The fourth-order valence-corrected chi connectivity index (χ4v) is 2.10. The highest BCUT2D eigenvalue weighted by Crippen LogP contribution is 2.23. The molecule has 1 aliphatic rings. The number of rotatable bonds is 3. The molecule has 0 aliphatic carbocycles. The molecule has 3 N–H and O–H groups in total. The number of amides is 1. The molecule has 0 aromatic heterocycles. The summed E-state index contributed by atoms with van der Waals surface area (Å²) in [6, 6.07) is 7.98. The molecule has 0 radical (unpaired) electrons. The Morgan fingerprint density at radius 3 is 3.12 bits per heavy atom. The van der Waals surface area contributed by atoms with Crippen LogP contribution in [-0.2, 0) is 11.3 Å². The smallest absolute Gasteiger partial charge is 0.228 e. The zero-order valence-corrected chi connectivity index (χ0v) is 9.94. The third-order valence-corrected chi connectivity index (χ3v) is 2.98. The van der Waals surface area contributed by atoms with E-state index in [9.17, 15) is 4.79 Å². The molecule has 4 heteroatoms. The minimum absolute atomic E-state index is 0.0226. The van der Waals surface area contributed by atoms with E-state index >= 15 is 0 Å². The minimum Gasteiger partial charge on any atom is -0.392 e. The van der Waals surface area contributed by atoms with Crippen molar-refractivity contribution in [2.24, 2.45) is 0 Å². The summed E-state index contributed by atoms with van der Waals surface area (Å²) in [6.45, 7) is 3.43. The lowest BCUT2D eigenvalue weighted by Crippen LogP contribution is -2.40. The third kappa shape index (κ3) is 2.84. The molecule has 1 aromatic rings. The summed E-state index contributed by atoms with van der Waals surface area (Å²) in [5, 5.41) is 15.2. The first-order valence-electron chi connectivity index (χ1n) is 5.93. The fraction of sp³-hybridized carbons (Fsp3) is 0.462. The van der Waals surface area contributed by atoms with E-state index in [0.29, 0.717) is 13.1 Å². The highest BCUT2D eigenvalue weighted by atomic mass is 16.3. The largest absolute Gasteiger partial charge is 0.392 e. The second-order valence-corrected chi connectivity index (χ2v) is 4.48. The first kappa shape index (κ1) is 12.1. The molecule has 1 aliphatic heterocycles. The number of carbonyl (C=O) groups excluding carboxylic acids is 1. The van der Waals surface area contributed by atoms with Gasteiger partial charge in [-0.15, -0.1) is 0 Å². The Kier molecular flexibility index (Phi) is 3.76. The predicted octanol–water partition coefficient (Wildman–Crippen LogP) is 0.370. The summed E-state index contributed by atoms with van der Waals surface area (Å²) < 4.78 is 0. The summed E-state index contributed by atoms with van der Waals surface area (Å²) in [4.78, 5) is 12.0. The van der Waals surface area contributed by atoms with Gasteiger partial charge in [0.05, 0.1) is 12.0 Å². The fourth-order valence-electron chi connectivity index (χ4n) is 2.10. The molecule has 4 nitrogen and oxygen atoms in total. The normalized spacial score (nSPS) is 20.5. The lowest BCUT2D eigenvalue weighted by molar-refractivity contribution is -0.123. The number of hydrogen-bond acceptors (Lipinski definition) is 3. The molecule has 1 heterocycles. The van der Waals surface area contributed by atoms with Crippen molar-refractivity contribution in [3.05, 3.63) is 35.4 Å². The molecule has 0 bridgehead atoms. The van der Waals surface area contributed by atoms with E-state index in [2.05, 4.69) is 10.6 Å². The number of aliphatic hydroxyl groups excluding tert-OH is 1. The first-order chi connectivity index (χ1) is 8.18. The van der Waals surface area contributed by atoms with Gasteiger partial charge in [0.2, 0.25) is 5.91 Å². The number of hydrogen-bond donors (Lipinski definition) is 3. The van der Waals surface area contributed by atoms with Crippen LogP contribution >= 0.6 is 0 Å². The summed E-state index contributed by atoms with van der Waals surface area (Å²) in [6.07, 6.45) is -0.509. The SMILES string of the molecule is C[C@@H](O)CNC(=O)C1CNCc2ccccc21. The Hall–Kier alpha value is -1.39. The van der Waals surface area contributed by atoms with Crippen LogP contribution in [0.1, 0.15) is 24.0 Å². The van der Waals surface area contributed by atoms with Gasteiger partial charge in [-0.2, -0.15) is 0 Å². The van der Waals surface area contributed by atoms with Gasteiger partial charge in [-0.3, -0.25) is 4.79 Å². The maximum Gasteiger partial charge on any atom is 0.228 e. The number of nitrogens with one attached hydrogen (secondary N) is 2. The average Bonchev–Trinajstić information content (AvgIpc) is 2.35. The number of fused-ring (bicyclic) bond motifs is 1. The van der Waals surface area contributed by atoms with Crippen LogP contribution in [0.4, 0.5) is 0 Å². The molecule has 92 valence electrons. The highest BCUT2D eigenvalue weighted by Gasteiger charge is 2.25. The average molecular weight is 234 g/mol. The zero-order valence-electron chi connectivity index (χ0n) is 9.94. The van der Waals surface area contributed by atoms with Gasteiger partial charge in [-0.25, -0.2) is 0 Å². The van der Waals surface area contributed by atoms with Crippen molar-refractivity contribution in [2.45, 2.75) is 25.5 Å². The standard InChI is InChI=1S/C13H18N2O2/c1-9(16)6-15-13(17)12-8-14-7-10-4-2-3-5-11(10)12/h2-5,9,12,14,16H,6-8H2,1H3,(H,15,17)/t9-,12?/m1/s1. The quantitative estimate of drug-likeness (QED) is 0.708. The van der Waals surface area contributed by atoms with Crippen LogP contribution in [0.5, 0.6) is 0 Å². The molecule has 0 fully saturated rings. The van der Waals surface area contributed by atoms with E-state index in [1.54, 1.807) is 6.92 Å². The maximum atomic E-state index is 12.0. The van der Waals surface area contributed by atoms with Crippen LogP contribution in [0.15, 0.2) is 24.3 Å². The highest BCUT2D eigenvalue weighted by molar-refractivity contribution is 5.84. The lowest BCUT2D eigenvalue weighted by atomic mass is 9.90. The van der Waals surface area contributed by atoms with Crippen LogP contribution < -0.4 is 10.6 Å². The van der Waals surface area contributed by atoms with E-state index in [4.69, 9.17) is 5.11 Å². The van der Waals surface area contributed by atoms with Crippen LogP contribution in [-0.4, -0.2) is 30.2 Å². The third-order valence-electron chi connectivity index (χ3n) is 2.98. The van der Waals surface area contributed by atoms with Crippen molar-refractivity contribution in [1.82, 2.24) is 10.6 Å². The van der Waals surface area contributed by atoms with Crippen LogP contribution in [0, 0.1) is 0 Å². The topological polar surface area (TPSA) is 61.4 Å². The molecule has 2 atom stereocenters. The molecule has 2 rings (SSSR count). The van der Waals surface area contributed by atoms with Crippen molar-refractivity contribution in [2.75, 3.05) is 13.1 Å².